The second kappa shape index (κ2) is 5.84. The first-order valence-electron chi connectivity index (χ1n) is 6.31. The van der Waals surface area contributed by atoms with Crippen molar-refractivity contribution in [3.63, 3.8) is 0 Å². The number of hydrogen-bond acceptors (Lipinski definition) is 5. The van der Waals surface area contributed by atoms with E-state index in [4.69, 9.17) is 9.15 Å². The maximum absolute atomic E-state index is 5.65. The van der Waals surface area contributed by atoms with Crippen molar-refractivity contribution in [2.24, 2.45) is 0 Å². The Kier molecular flexibility index (Phi) is 4.16. The number of methoxy groups -OCH3 is 1. The van der Waals surface area contributed by atoms with Gasteiger partial charge in [-0.15, -0.1) is 10.2 Å². The minimum absolute atomic E-state index is 0.379. The topological polar surface area (TPSA) is 60.2 Å². The highest BCUT2D eigenvalue weighted by Gasteiger charge is 2.13. The molecule has 1 aromatic heterocycles. The number of nitrogens with one attached hydrogen (secondary N) is 1. The van der Waals surface area contributed by atoms with Gasteiger partial charge >= 0.3 is 0 Å². The molecule has 19 heavy (non-hydrogen) atoms. The molecule has 0 amide bonds. The summed E-state index contributed by atoms with van der Waals surface area (Å²) in [6, 6.07) is 6.25. The molecule has 1 aromatic carbocycles. The van der Waals surface area contributed by atoms with E-state index in [1.807, 2.05) is 25.1 Å². The van der Waals surface area contributed by atoms with Crippen LogP contribution in [0.3, 0.4) is 0 Å². The zero-order valence-corrected chi connectivity index (χ0v) is 11.7. The van der Waals surface area contributed by atoms with Gasteiger partial charge in [0.25, 0.3) is 5.89 Å². The highest BCUT2D eigenvalue weighted by Crippen LogP contribution is 2.29. The fourth-order valence-corrected chi connectivity index (χ4v) is 1.71. The molecule has 0 saturated carbocycles. The Bertz CT molecular complexity index is 549. The van der Waals surface area contributed by atoms with Crippen molar-refractivity contribution in [2.45, 2.75) is 33.4 Å². The van der Waals surface area contributed by atoms with Gasteiger partial charge in [-0.05, 0) is 19.1 Å². The van der Waals surface area contributed by atoms with Gasteiger partial charge in [0, 0.05) is 6.04 Å². The molecule has 5 nitrogen and oxygen atoms in total. The largest absolute Gasteiger partial charge is 0.496 e. The van der Waals surface area contributed by atoms with Crippen LogP contribution in [0.5, 0.6) is 5.75 Å². The summed E-state index contributed by atoms with van der Waals surface area (Å²) in [5.41, 5.74) is 1.95. The number of hydrogen-bond donors (Lipinski definition) is 1. The van der Waals surface area contributed by atoms with Crippen LogP contribution in [0.15, 0.2) is 22.6 Å². The van der Waals surface area contributed by atoms with E-state index >= 15 is 0 Å². The van der Waals surface area contributed by atoms with Crippen LogP contribution in [0.1, 0.15) is 25.3 Å². The molecule has 2 aromatic rings. The molecule has 0 unspecified atom stereocenters. The lowest BCUT2D eigenvalue weighted by atomic mass is 10.1. The van der Waals surface area contributed by atoms with Crippen LogP contribution in [0.25, 0.3) is 11.5 Å². The predicted molar refractivity (Wildman–Crippen MR) is 73.0 cm³/mol. The molecule has 1 N–H and O–H groups in total. The average Bonchev–Trinajstić information content (AvgIpc) is 2.85. The maximum atomic E-state index is 5.65. The normalized spacial score (nSPS) is 11.0. The second-order valence-electron chi connectivity index (χ2n) is 4.74. The summed E-state index contributed by atoms with van der Waals surface area (Å²) < 4.78 is 11.0. The summed E-state index contributed by atoms with van der Waals surface area (Å²) in [4.78, 5) is 0. The zero-order chi connectivity index (χ0) is 13.8. The lowest BCUT2D eigenvalue weighted by Gasteiger charge is -2.06. The first-order chi connectivity index (χ1) is 9.10. The zero-order valence-electron chi connectivity index (χ0n) is 11.7. The molecule has 0 saturated heterocycles. The molecular formula is C14H19N3O2. The lowest BCUT2D eigenvalue weighted by Crippen LogP contribution is -2.21. The van der Waals surface area contributed by atoms with Crippen LogP contribution >= 0.6 is 0 Å². The number of rotatable bonds is 5. The van der Waals surface area contributed by atoms with Crippen molar-refractivity contribution in [1.29, 1.82) is 0 Å². The summed E-state index contributed by atoms with van der Waals surface area (Å²) in [6.07, 6.45) is 0. The fourth-order valence-electron chi connectivity index (χ4n) is 1.71. The molecule has 0 aliphatic rings. The van der Waals surface area contributed by atoms with Crippen LogP contribution in [-0.4, -0.2) is 23.3 Å². The van der Waals surface area contributed by atoms with E-state index in [1.165, 1.54) is 0 Å². The molecule has 0 aliphatic carbocycles. The molecule has 0 fully saturated rings. The SMILES string of the molecule is COc1ccc(C)cc1-c1nnc(CNC(C)C)o1. The Balaban J connectivity index is 2.24. The Labute approximate surface area is 113 Å². The molecule has 2 rings (SSSR count). The van der Waals surface area contributed by atoms with E-state index in [2.05, 4.69) is 29.4 Å². The molecular weight excluding hydrogens is 242 g/mol. The highest BCUT2D eigenvalue weighted by atomic mass is 16.5. The fraction of sp³-hybridized carbons (Fsp3) is 0.429. The number of aromatic nitrogens is 2. The molecule has 5 heteroatoms. The number of aryl methyl sites for hydroxylation is 1. The Morgan fingerprint density at radius 2 is 2.11 bits per heavy atom. The summed E-state index contributed by atoms with van der Waals surface area (Å²) in [5, 5.41) is 11.4. The van der Waals surface area contributed by atoms with Gasteiger partial charge in [0.2, 0.25) is 5.89 Å². The van der Waals surface area contributed by atoms with Gasteiger partial charge in [-0.25, -0.2) is 0 Å². The van der Waals surface area contributed by atoms with Crippen molar-refractivity contribution >= 4 is 0 Å². The van der Waals surface area contributed by atoms with Gasteiger partial charge in [0.1, 0.15) is 5.75 Å². The first-order valence-corrected chi connectivity index (χ1v) is 6.31. The van der Waals surface area contributed by atoms with Gasteiger partial charge in [0.05, 0.1) is 19.2 Å². The number of benzene rings is 1. The Morgan fingerprint density at radius 1 is 1.32 bits per heavy atom. The molecule has 0 spiro atoms. The van der Waals surface area contributed by atoms with E-state index in [9.17, 15) is 0 Å². The van der Waals surface area contributed by atoms with Gasteiger partial charge in [-0.1, -0.05) is 25.5 Å². The standard InChI is InChI=1S/C14H19N3O2/c1-9(2)15-8-13-16-17-14(19-13)11-7-10(3)5-6-12(11)18-4/h5-7,9,15H,8H2,1-4H3. The smallest absolute Gasteiger partial charge is 0.251 e. The minimum Gasteiger partial charge on any atom is -0.496 e. The molecule has 0 atom stereocenters. The predicted octanol–water partition coefficient (Wildman–Crippen LogP) is 2.55. The quantitative estimate of drug-likeness (QED) is 0.896. The van der Waals surface area contributed by atoms with Crippen LogP contribution in [-0.2, 0) is 6.54 Å². The van der Waals surface area contributed by atoms with Crippen LogP contribution in [0, 0.1) is 6.92 Å². The van der Waals surface area contributed by atoms with Crippen molar-refractivity contribution in [3.05, 3.63) is 29.7 Å². The summed E-state index contributed by atoms with van der Waals surface area (Å²) in [6.45, 7) is 6.72. The number of ether oxygens (including phenoxy) is 1. The minimum atomic E-state index is 0.379. The van der Waals surface area contributed by atoms with E-state index < -0.39 is 0 Å². The summed E-state index contributed by atoms with van der Waals surface area (Å²) in [5.74, 6) is 1.80. The van der Waals surface area contributed by atoms with Crippen molar-refractivity contribution in [3.8, 4) is 17.2 Å². The van der Waals surface area contributed by atoms with Crippen molar-refractivity contribution < 1.29 is 9.15 Å². The van der Waals surface area contributed by atoms with E-state index in [1.54, 1.807) is 7.11 Å². The van der Waals surface area contributed by atoms with Crippen molar-refractivity contribution in [2.75, 3.05) is 7.11 Å². The number of nitrogens with zero attached hydrogens (tertiary/aromatic N) is 2. The molecule has 0 aliphatic heterocycles. The highest BCUT2D eigenvalue weighted by molar-refractivity contribution is 5.63. The summed E-state index contributed by atoms with van der Waals surface area (Å²) >= 11 is 0. The molecule has 0 bridgehead atoms. The molecule has 102 valence electrons. The van der Waals surface area contributed by atoms with Crippen LogP contribution in [0.4, 0.5) is 0 Å². The average molecular weight is 261 g/mol. The lowest BCUT2D eigenvalue weighted by molar-refractivity contribution is 0.412. The summed E-state index contributed by atoms with van der Waals surface area (Å²) in [7, 11) is 1.63. The van der Waals surface area contributed by atoms with E-state index in [0.717, 1.165) is 16.9 Å². The van der Waals surface area contributed by atoms with Crippen LogP contribution < -0.4 is 10.1 Å². The maximum Gasteiger partial charge on any atom is 0.251 e. The Morgan fingerprint density at radius 3 is 2.79 bits per heavy atom. The van der Waals surface area contributed by atoms with Crippen LogP contribution in [0.2, 0.25) is 0 Å². The third-order valence-corrected chi connectivity index (χ3v) is 2.71. The monoisotopic (exact) mass is 261 g/mol. The van der Waals surface area contributed by atoms with Gasteiger partial charge in [0.15, 0.2) is 0 Å². The van der Waals surface area contributed by atoms with Crippen molar-refractivity contribution in [1.82, 2.24) is 15.5 Å². The first kappa shape index (κ1) is 13.5. The third kappa shape index (κ3) is 3.32. The Hall–Kier alpha value is -1.88. The molecule has 1 heterocycles. The van der Waals surface area contributed by atoms with E-state index in [-0.39, 0.29) is 0 Å². The third-order valence-electron chi connectivity index (χ3n) is 2.71. The second-order valence-corrected chi connectivity index (χ2v) is 4.74. The van der Waals surface area contributed by atoms with Gasteiger partial charge in [-0.2, -0.15) is 0 Å². The van der Waals surface area contributed by atoms with Gasteiger partial charge in [-0.3, -0.25) is 0 Å². The van der Waals surface area contributed by atoms with E-state index in [0.29, 0.717) is 24.4 Å². The van der Waals surface area contributed by atoms with Gasteiger partial charge < -0.3 is 14.5 Å². The molecule has 0 radical (unpaired) electrons.